The molecule has 1 aromatic rings. The molecule has 0 saturated heterocycles. The van der Waals surface area contributed by atoms with Crippen molar-refractivity contribution in [2.45, 2.75) is 77.6 Å². The molecule has 2 aliphatic heterocycles. The maximum Gasteiger partial charge on any atom is 0.199 e. The highest BCUT2D eigenvalue weighted by molar-refractivity contribution is 6.66. The summed E-state index contributed by atoms with van der Waals surface area (Å²) in [6, 6.07) is 7.44. The molecule has 0 bridgehead atoms. The van der Waals surface area contributed by atoms with Crippen LogP contribution in [0.15, 0.2) is 29.9 Å². The van der Waals surface area contributed by atoms with Crippen molar-refractivity contribution >= 4 is 6.71 Å². The summed E-state index contributed by atoms with van der Waals surface area (Å²) in [5.41, 5.74) is 6.21. The van der Waals surface area contributed by atoms with E-state index in [0.717, 1.165) is 24.9 Å². The Labute approximate surface area is 178 Å². The zero-order valence-corrected chi connectivity index (χ0v) is 18.8. The molecule has 0 amide bonds. The Hall–Kier alpha value is -1.26. The highest BCUT2D eigenvalue weighted by atomic mass is 15.0. The van der Waals surface area contributed by atoms with Crippen LogP contribution in [0.5, 0.6) is 0 Å². The van der Waals surface area contributed by atoms with Crippen molar-refractivity contribution in [3.8, 4) is 0 Å². The molecule has 1 fully saturated rings. The van der Waals surface area contributed by atoms with Gasteiger partial charge >= 0.3 is 0 Å². The molecule has 3 aliphatic rings. The van der Waals surface area contributed by atoms with Gasteiger partial charge in [-0.25, -0.2) is 0 Å². The van der Waals surface area contributed by atoms with Crippen molar-refractivity contribution in [1.82, 2.24) is 16.0 Å². The van der Waals surface area contributed by atoms with Gasteiger partial charge < -0.3 is 16.0 Å². The third-order valence-electron chi connectivity index (χ3n) is 7.38. The molecule has 3 atom stereocenters. The van der Waals surface area contributed by atoms with Crippen molar-refractivity contribution in [3.05, 3.63) is 46.6 Å². The third-order valence-corrected chi connectivity index (χ3v) is 7.38. The Morgan fingerprint density at radius 1 is 1.17 bits per heavy atom. The summed E-state index contributed by atoms with van der Waals surface area (Å²) >= 11 is 0. The van der Waals surface area contributed by atoms with E-state index < -0.39 is 0 Å². The van der Waals surface area contributed by atoms with Crippen LogP contribution in [0.3, 0.4) is 0 Å². The van der Waals surface area contributed by atoms with Gasteiger partial charge in [-0.05, 0) is 79.7 Å². The van der Waals surface area contributed by atoms with Crippen LogP contribution in [0.25, 0.3) is 0 Å². The molecule has 0 radical (unpaired) electrons. The zero-order chi connectivity index (χ0) is 20.2. The third kappa shape index (κ3) is 5.46. The molecular weight excluding hydrogens is 353 g/mol. The summed E-state index contributed by atoms with van der Waals surface area (Å²) in [5.74, 6) is 4.96. The fraction of sp³-hybridized carbons (Fsp3) is 0.680. The second-order valence-electron chi connectivity index (χ2n) is 10.1. The van der Waals surface area contributed by atoms with Crippen molar-refractivity contribution < 1.29 is 0 Å². The summed E-state index contributed by atoms with van der Waals surface area (Å²) in [5, 5.41) is 11.1. The fourth-order valence-corrected chi connectivity index (χ4v) is 5.86. The van der Waals surface area contributed by atoms with E-state index in [1.807, 2.05) is 0 Å². The van der Waals surface area contributed by atoms with E-state index in [0.29, 0.717) is 18.7 Å². The maximum atomic E-state index is 3.92. The number of allylic oxidation sites excluding steroid dienone is 1. The Morgan fingerprint density at radius 3 is 2.90 bits per heavy atom. The highest BCUT2D eigenvalue weighted by Gasteiger charge is 2.36. The number of nitrogens with one attached hydrogen (secondary N) is 3. The Morgan fingerprint density at radius 2 is 2.03 bits per heavy atom. The fourth-order valence-electron chi connectivity index (χ4n) is 5.86. The summed E-state index contributed by atoms with van der Waals surface area (Å²) in [4.78, 5) is 0. The van der Waals surface area contributed by atoms with Crippen LogP contribution < -0.4 is 16.0 Å². The van der Waals surface area contributed by atoms with E-state index in [1.165, 1.54) is 57.0 Å². The minimum absolute atomic E-state index is 0.587. The van der Waals surface area contributed by atoms with Gasteiger partial charge in [-0.3, -0.25) is 0 Å². The van der Waals surface area contributed by atoms with Crippen LogP contribution in [0, 0.1) is 18.8 Å². The van der Waals surface area contributed by atoms with E-state index in [4.69, 9.17) is 0 Å². The Kier molecular flexibility index (Phi) is 7.02. The monoisotopic (exact) mass is 393 g/mol. The van der Waals surface area contributed by atoms with Gasteiger partial charge in [0.2, 0.25) is 0 Å². The molecule has 158 valence electrons. The first kappa shape index (κ1) is 21.0. The van der Waals surface area contributed by atoms with Crippen molar-refractivity contribution in [3.63, 3.8) is 0 Å². The molecule has 1 aliphatic carbocycles. The quantitative estimate of drug-likeness (QED) is 0.464. The van der Waals surface area contributed by atoms with Gasteiger partial charge in [-0.2, -0.15) is 0 Å². The van der Waals surface area contributed by atoms with Crippen LogP contribution in [0.4, 0.5) is 0 Å². The van der Waals surface area contributed by atoms with Crippen LogP contribution in [0.2, 0.25) is 0 Å². The van der Waals surface area contributed by atoms with Gasteiger partial charge in [0.1, 0.15) is 0 Å². The van der Waals surface area contributed by atoms with E-state index in [2.05, 4.69) is 60.9 Å². The van der Waals surface area contributed by atoms with Gasteiger partial charge in [0.25, 0.3) is 0 Å². The predicted molar refractivity (Wildman–Crippen MR) is 125 cm³/mol. The number of fused-ring (bicyclic) bond motifs is 2. The van der Waals surface area contributed by atoms with Crippen LogP contribution in [0.1, 0.15) is 62.6 Å². The summed E-state index contributed by atoms with van der Waals surface area (Å²) in [6.07, 6.45) is 9.33. The Bertz CT molecular complexity index is 714. The number of hydrogen-bond donors (Lipinski definition) is 3. The van der Waals surface area contributed by atoms with E-state index in [1.54, 1.807) is 16.8 Å². The molecule has 2 heterocycles. The van der Waals surface area contributed by atoms with Crippen LogP contribution in [-0.2, 0) is 12.7 Å². The Balaban J connectivity index is 1.24. The summed E-state index contributed by atoms with van der Waals surface area (Å²) in [7, 11) is 0. The SMILES string of the molecule is Cc1cccc2c1CB1C=C(CC3CCCC(CNCCNC(C)C)C3)NC1C2. The molecular formula is C25H40BN3. The van der Waals surface area contributed by atoms with Gasteiger partial charge in [-0.1, -0.05) is 50.9 Å². The standard InChI is InChI=1S/C25H40BN3/c1-18(2)28-11-10-27-17-21-8-5-7-20(12-21)13-23-15-26-16-24-19(3)6-4-9-22(24)14-25(26)29-23/h4,6,9,15,18,20-21,25,27-29H,5,7-8,10-14,16-17H2,1-3H3. The minimum Gasteiger partial charge on any atom is -0.393 e. The topological polar surface area (TPSA) is 36.1 Å². The van der Waals surface area contributed by atoms with Crippen molar-refractivity contribution in [2.75, 3.05) is 19.6 Å². The number of benzene rings is 1. The smallest absolute Gasteiger partial charge is 0.199 e. The number of aryl methyl sites for hydroxylation is 1. The lowest BCUT2D eigenvalue weighted by Gasteiger charge is -2.30. The van der Waals surface area contributed by atoms with Crippen molar-refractivity contribution in [2.24, 2.45) is 11.8 Å². The number of rotatable bonds is 8. The molecule has 3 unspecified atom stereocenters. The molecule has 0 aromatic heterocycles. The lowest BCUT2D eigenvalue weighted by Crippen LogP contribution is -2.42. The van der Waals surface area contributed by atoms with Crippen molar-refractivity contribution in [1.29, 1.82) is 0 Å². The maximum absolute atomic E-state index is 3.92. The summed E-state index contributed by atoms with van der Waals surface area (Å²) in [6.45, 7) is 10.8. The minimum atomic E-state index is 0.587. The zero-order valence-electron chi connectivity index (χ0n) is 18.8. The average molecular weight is 393 g/mol. The predicted octanol–water partition coefficient (Wildman–Crippen LogP) is 3.85. The lowest BCUT2D eigenvalue weighted by atomic mass is 9.39. The van der Waals surface area contributed by atoms with Gasteiger partial charge in [-0.15, -0.1) is 0 Å². The molecule has 4 rings (SSSR count). The lowest BCUT2D eigenvalue weighted by molar-refractivity contribution is 0.256. The van der Waals surface area contributed by atoms with Gasteiger partial charge in [0.05, 0.1) is 0 Å². The van der Waals surface area contributed by atoms with Gasteiger partial charge in [0, 0.05) is 25.1 Å². The van der Waals surface area contributed by atoms with E-state index >= 15 is 0 Å². The molecule has 1 aromatic carbocycles. The first-order chi connectivity index (χ1) is 14.1. The normalized spacial score (nSPS) is 26.1. The van der Waals surface area contributed by atoms with Crippen LogP contribution >= 0.6 is 0 Å². The van der Waals surface area contributed by atoms with Gasteiger partial charge in [0.15, 0.2) is 6.71 Å². The average Bonchev–Trinajstić information content (AvgIpc) is 3.08. The highest BCUT2D eigenvalue weighted by Crippen LogP contribution is 2.35. The molecule has 4 heteroatoms. The first-order valence-electron chi connectivity index (χ1n) is 12.1. The molecule has 3 N–H and O–H groups in total. The van der Waals surface area contributed by atoms with Crippen LogP contribution in [-0.4, -0.2) is 38.3 Å². The molecule has 29 heavy (non-hydrogen) atoms. The molecule has 3 nitrogen and oxygen atoms in total. The second-order valence-corrected chi connectivity index (χ2v) is 10.1. The first-order valence-corrected chi connectivity index (χ1v) is 12.1. The van der Waals surface area contributed by atoms with E-state index in [-0.39, 0.29) is 0 Å². The summed E-state index contributed by atoms with van der Waals surface area (Å²) < 4.78 is 0. The molecule has 0 spiro atoms. The largest absolute Gasteiger partial charge is 0.393 e. The van der Waals surface area contributed by atoms with E-state index in [9.17, 15) is 0 Å². The number of hydrogen-bond acceptors (Lipinski definition) is 3. The molecule has 1 saturated carbocycles. The second kappa shape index (κ2) is 9.70.